The second-order valence-corrected chi connectivity index (χ2v) is 7.70. The number of hydrogen-bond donors (Lipinski definition) is 2. The van der Waals surface area contributed by atoms with Gasteiger partial charge < -0.3 is 5.32 Å². The fraction of sp³-hybridized carbons (Fsp3) is 0.250. The quantitative estimate of drug-likeness (QED) is 0.682. The lowest BCUT2D eigenvalue weighted by Crippen LogP contribution is -2.28. The van der Waals surface area contributed by atoms with Gasteiger partial charge in [-0.2, -0.15) is 5.10 Å². The summed E-state index contributed by atoms with van der Waals surface area (Å²) in [5.41, 5.74) is 1.70. The first-order valence-electron chi connectivity index (χ1n) is 7.68. The Bertz CT molecular complexity index is 982. The Morgan fingerprint density at radius 2 is 2.32 bits per heavy atom. The molecule has 1 unspecified atom stereocenters. The number of halogens is 1. The third-order valence-electron chi connectivity index (χ3n) is 4.11. The maximum absolute atomic E-state index is 12.4. The molecule has 0 spiro atoms. The molecule has 1 aliphatic rings. The van der Waals surface area contributed by atoms with Gasteiger partial charge in [0.1, 0.15) is 0 Å². The summed E-state index contributed by atoms with van der Waals surface area (Å²) >= 11 is 4.79. The summed E-state index contributed by atoms with van der Waals surface area (Å²) in [6.45, 7) is 2.18. The van der Waals surface area contributed by atoms with Crippen molar-refractivity contribution in [3.05, 3.63) is 33.7 Å². The molecule has 9 heteroatoms. The fourth-order valence-corrected chi connectivity index (χ4v) is 3.94. The molecule has 0 radical (unpaired) electrons. The Hall–Kier alpha value is -2.26. The summed E-state index contributed by atoms with van der Waals surface area (Å²) in [4.78, 5) is 30.7. The summed E-state index contributed by atoms with van der Waals surface area (Å²) < 4.78 is 0.930. The number of carbonyl (C=O) groups excluding carboxylic acids is 2. The predicted molar refractivity (Wildman–Crippen MR) is 99.7 cm³/mol. The first kappa shape index (κ1) is 16.2. The second kappa shape index (κ2) is 6.23. The van der Waals surface area contributed by atoms with Crippen molar-refractivity contribution in [1.29, 1.82) is 0 Å². The highest BCUT2D eigenvalue weighted by atomic mass is 79.9. The van der Waals surface area contributed by atoms with E-state index in [1.807, 2.05) is 30.5 Å². The Labute approximate surface area is 155 Å². The number of amides is 2. The number of nitrogens with one attached hydrogen (secondary N) is 2. The van der Waals surface area contributed by atoms with Crippen LogP contribution in [0.1, 0.15) is 12.1 Å². The number of thiazole rings is 1. The normalized spacial score (nSPS) is 17.4. The number of aromatic amines is 1. The third-order valence-corrected chi connectivity index (χ3v) is 5.47. The van der Waals surface area contributed by atoms with E-state index in [1.54, 1.807) is 4.90 Å². The zero-order valence-electron chi connectivity index (χ0n) is 13.2. The fourth-order valence-electron chi connectivity index (χ4n) is 2.89. The minimum Gasteiger partial charge on any atom is -0.302 e. The largest absolute Gasteiger partial charge is 0.302 e. The van der Waals surface area contributed by atoms with Gasteiger partial charge in [0.2, 0.25) is 11.8 Å². The van der Waals surface area contributed by atoms with E-state index in [9.17, 15) is 9.59 Å². The smallest absolute Gasteiger partial charge is 0.231 e. The van der Waals surface area contributed by atoms with Crippen molar-refractivity contribution < 1.29 is 9.59 Å². The summed E-state index contributed by atoms with van der Waals surface area (Å²) in [5.74, 6) is -0.147. The van der Waals surface area contributed by atoms with E-state index in [0.29, 0.717) is 17.5 Å². The zero-order valence-corrected chi connectivity index (χ0v) is 15.6. The first-order chi connectivity index (χ1) is 12.0. The van der Waals surface area contributed by atoms with E-state index in [1.165, 1.54) is 11.3 Å². The van der Waals surface area contributed by atoms with Crippen molar-refractivity contribution in [3.8, 4) is 0 Å². The molecule has 0 bridgehead atoms. The van der Waals surface area contributed by atoms with Crippen LogP contribution < -0.4 is 10.2 Å². The van der Waals surface area contributed by atoms with Gasteiger partial charge in [-0.05, 0) is 25.1 Å². The zero-order chi connectivity index (χ0) is 17.6. The second-order valence-electron chi connectivity index (χ2n) is 5.93. The van der Waals surface area contributed by atoms with E-state index >= 15 is 0 Å². The van der Waals surface area contributed by atoms with Crippen molar-refractivity contribution in [2.75, 3.05) is 16.8 Å². The van der Waals surface area contributed by atoms with Crippen molar-refractivity contribution in [2.24, 2.45) is 5.92 Å². The molecule has 0 saturated carbocycles. The third kappa shape index (κ3) is 3.05. The van der Waals surface area contributed by atoms with Crippen LogP contribution >= 0.6 is 27.3 Å². The van der Waals surface area contributed by atoms with Crippen LogP contribution in [0.3, 0.4) is 0 Å². The van der Waals surface area contributed by atoms with Crippen LogP contribution in [-0.2, 0) is 9.59 Å². The molecule has 3 heterocycles. The number of aryl methyl sites for hydroxylation is 1. The van der Waals surface area contributed by atoms with E-state index in [4.69, 9.17) is 0 Å². The molecule has 1 atom stereocenters. The van der Waals surface area contributed by atoms with Gasteiger partial charge in [-0.3, -0.25) is 19.6 Å². The minimum atomic E-state index is -0.418. The lowest BCUT2D eigenvalue weighted by Gasteiger charge is -2.13. The van der Waals surface area contributed by atoms with Crippen LogP contribution in [0.25, 0.3) is 10.9 Å². The highest BCUT2D eigenvalue weighted by molar-refractivity contribution is 9.10. The number of nitrogens with zero attached hydrogens (tertiary/aromatic N) is 3. The number of aromatic nitrogens is 3. The summed E-state index contributed by atoms with van der Waals surface area (Å²) in [6.07, 6.45) is 0.168. The molecule has 4 rings (SSSR count). The molecule has 25 heavy (non-hydrogen) atoms. The van der Waals surface area contributed by atoms with E-state index in [0.717, 1.165) is 21.1 Å². The van der Waals surface area contributed by atoms with E-state index in [-0.39, 0.29) is 18.2 Å². The standard InChI is InChI=1S/C16H14BrN5O2S/c1-8-7-25-16(18-8)19-15(24)9-4-13(23)22(6-9)14-11-3-2-10(17)5-12(11)20-21-14/h2-3,5,7,9H,4,6H2,1H3,(H,20,21)(H,18,19,24). The summed E-state index contributed by atoms with van der Waals surface area (Å²) in [6, 6.07) is 5.70. The van der Waals surface area contributed by atoms with Crippen LogP contribution in [0.4, 0.5) is 10.9 Å². The molecular formula is C16H14BrN5O2S. The molecule has 1 fully saturated rings. The molecular weight excluding hydrogens is 406 g/mol. The van der Waals surface area contributed by atoms with Crippen molar-refractivity contribution in [2.45, 2.75) is 13.3 Å². The Balaban J connectivity index is 1.54. The average Bonchev–Trinajstić information content (AvgIpc) is 3.25. The maximum Gasteiger partial charge on any atom is 0.231 e. The Morgan fingerprint density at radius 3 is 3.08 bits per heavy atom. The van der Waals surface area contributed by atoms with Crippen molar-refractivity contribution >= 4 is 60.9 Å². The molecule has 1 aromatic carbocycles. The van der Waals surface area contributed by atoms with Gasteiger partial charge >= 0.3 is 0 Å². The van der Waals surface area contributed by atoms with Crippen molar-refractivity contribution in [3.63, 3.8) is 0 Å². The molecule has 3 aromatic rings. The van der Waals surface area contributed by atoms with Crippen LogP contribution in [0.15, 0.2) is 28.1 Å². The number of fused-ring (bicyclic) bond motifs is 1. The Kier molecular flexibility index (Phi) is 4.04. The number of H-pyrrole nitrogens is 1. The highest BCUT2D eigenvalue weighted by Crippen LogP contribution is 2.31. The molecule has 0 aliphatic carbocycles. The van der Waals surface area contributed by atoms with Gasteiger partial charge in [-0.25, -0.2) is 4.98 Å². The number of anilines is 2. The highest BCUT2D eigenvalue weighted by Gasteiger charge is 2.37. The number of benzene rings is 1. The van der Waals surface area contributed by atoms with Gasteiger partial charge in [0.05, 0.1) is 17.1 Å². The van der Waals surface area contributed by atoms with E-state index in [2.05, 4.69) is 36.4 Å². The molecule has 2 aromatic heterocycles. The van der Waals surface area contributed by atoms with Crippen molar-refractivity contribution in [1.82, 2.24) is 15.2 Å². The average molecular weight is 420 g/mol. The topological polar surface area (TPSA) is 91.0 Å². The SMILES string of the molecule is Cc1csc(NC(=O)C2CC(=O)N(c3n[nH]c4cc(Br)ccc34)C2)n1. The molecule has 128 valence electrons. The van der Waals surface area contributed by atoms with Gasteiger partial charge in [-0.15, -0.1) is 11.3 Å². The Morgan fingerprint density at radius 1 is 1.48 bits per heavy atom. The lowest BCUT2D eigenvalue weighted by molar-refractivity contribution is -0.122. The van der Waals surface area contributed by atoms with E-state index < -0.39 is 5.92 Å². The number of carbonyl (C=O) groups is 2. The van der Waals surface area contributed by atoms with Crippen LogP contribution in [0, 0.1) is 12.8 Å². The van der Waals surface area contributed by atoms with Gasteiger partial charge in [0, 0.05) is 28.2 Å². The molecule has 1 saturated heterocycles. The molecule has 7 nitrogen and oxygen atoms in total. The monoisotopic (exact) mass is 419 g/mol. The number of rotatable bonds is 3. The lowest BCUT2D eigenvalue weighted by atomic mass is 10.1. The summed E-state index contributed by atoms with van der Waals surface area (Å²) in [7, 11) is 0. The van der Waals surface area contributed by atoms with Crippen LogP contribution in [0.2, 0.25) is 0 Å². The van der Waals surface area contributed by atoms with Gasteiger partial charge in [0.15, 0.2) is 10.9 Å². The van der Waals surface area contributed by atoms with Gasteiger partial charge in [0.25, 0.3) is 0 Å². The molecule has 2 N–H and O–H groups in total. The summed E-state index contributed by atoms with van der Waals surface area (Å²) in [5, 5.41) is 13.3. The minimum absolute atomic E-state index is 0.105. The van der Waals surface area contributed by atoms with Crippen LogP contribution in [0.5, 0.6) is 0 Å². The predicted octanol–water partition coefficient (Wildman–Crippen LogP) is 3.08. The number of hydrogen-bond acceptors (Lipinski definition) is 5. The maximum atomic E-state index is 12.4. The first-order valence-corrected chi connectivity index (χ1v) is 9.35. The molecule has 2 amide bonds. The molecule has 1 aliphatic heterocycles. The van der Waals surface area contributed by atoms with Crippen LogP contribution in [-0.4, -0.2) is 33.5 Å². The van der Waals surface area contributed by atoms with Gasteiger partial charge in [-0.1, -0.05) is 15.9 Å².